The Hall–Kier alpha value is -2.21. The highest BCUT2D eigenvalue weighted by Crippen LogP contribution is 2.33. The zero-order valence-electron chi connectivity index (χ0n) is 12.9. The first-order valence-electron chi connectivity index (χ1n) is 7.99. The molecule has 0 unspecified atom stereocenters. The Morgan fingerprint density at radius 2 is 1.96 bits per heavy atom. The highest BCUT2D eigenvalue weighted by atomic mass is 32.1. The number of anilines is 1. The molecule has 0 aliphatic carbocycles. The molecule has 6 heteroatoms. The third kappa shape index (κ3) is 3.27. The molecule has 0 spiro atoms. The van der Waals surface area contributed by atoms with E-state index in [9.17, 15) is 0 Å². The van der Waals surface area contributed by atoms with Crippen molar-refractivity contribution >= 4 is 16.5 Å². The molecule has 1 saturated heterocycles. The van der Waals surface area contributed by atoms with Gasteiger partial charge in [-0.05, 0) is 24.3 Å². The molecule has 0 atom stereocenters. The van der Waals surface area contributed by atoms with E-state index < -0.39 is 0 Å². The quantitative estimate of drug-likeness (QED) is 0.738. The smallest absolute Gasteiger partial charge is 0.185 e. The Morgan fingerprint density at radius 1 is 1.13 bits per heavy atom. The van der Waals surface area contributed by atoms with E-state index in [4.69, 9.17) is 0 Å². The van der Waals surface area contributed by atoms with Gasteiger partial charge in [-0.3, -0.25) is 4.68 Å². The summed E-state index contributed by atoms with van der Waals surface area (Å²) in [7, 11) is 0. The Morgan fingerprint density at radius 3 is 2.70 bits per heavy atom. The van der Waals surface area contributed by atoms with Crippen LogP contribution in [-0.4, -0.2) is 33.1 Å². The summed E-state index contributed by atoms with van der Waals surface area (Å²) in [5.41, 5.74) is 1.25. The minimum absolute atomic E-state index is 0.682. The number of aromatic nitrogens is 4. The van der Waals surface area contributed by atoms with Crippen LogP contribution in [-0.2, 0) is 6.54 Å². The molecule has 0 saturated carbocycles. The molecule has 0 radical (unpaired) electrons. The first-order chi connectivity index (χ1) is 11.4. The zero-order chi connectivity index (χ0) is 15.5. The van der Waals surface area contributed by atoms with Gasteiger partial charge in [0.05, 0.1) is 11.1 Å². The van der Waals surface area contributed by atoms with Gasteiger partial charge >= 0.3 is 0 Å². The summed E-state index contributed by atoms with van der Waals surface area (Å²) in [6.45, 7) is 3.11. The van der Waals surface area contributed by atoms with Crippen LogP contribution in [0, 0.1) is 5.92 Å². The first kappa shape index (κ1) is 14.4. The minimum atomic E-state index is 0.682. The average Bonchev–Trinajstić information content (AvgIpc) is 3.28. The number of rotatable bonds is 4. The number of hydrogen-bond donors (Lipinski definition) is 0. The zero-order valence-corrected chi connectivity index (χ0v) is 13.7. The fourth-order valence-corrected chi connectivity index (χ4v) is 4.02. The lowest BCUT2D eigenvalue weighted by atomic mass is 9.97. The monoisotopic (exact) mass is 325 g/mol. The van der Waals surface area contributed by atoms with Crippen LogP contribution in [0.2, 0.25) is 0 Å². The van der Waals surface area contributed by atoms with E-state index in [1.165, 1.54) is 23.3 Å². The van der Waals surface area contributed by atoms with Crippen LogP contribution in [0.5, 0.6) is 0 Å². The van der Waals surface area contributed by atoms with Crippen LogP contribution in [0.15, 0.2) is 48.9 Å². The molecule has 5 nitrogen and oxygen atoms in total. The standard InChI is InChI=1S/C17H19N5S/c1-2-4-15(5-3-1)16-12-18-17(23-16)21-9-6-14(7-10-21)13-22-11-8-19-20-22/h1-5,8,11-12,14H,6-7,9-10,13H2. The van der Waals surface area contributed by atoms with E-state index in [-0.39, 0.29) is 0 Å². The summed E-state index contributed by atoms with van der Waals surface area (Å²) >= 11 is 1.79. The van der Waals surface area contributed by atoms with E-state index in [0.717, 1.165) is 24.8 Å². The van der Waals surface area contributed by atoms with Crippen molar-refractivity contribution in [3.05, 3.63) is 48.9 Å². The van der Waals surface area contributed by atoms with Crippen LogP contribution in [0.4, 0.5) is 5.13 Å². The second-order valence-electron chi connectivity index (χ2n) is 5.93. The van der Waals surface area contributed by atoms with Gasteiger partial charge in [0, 0.05) is 32.0 Å². The maximum atomic E-state index is 4.63. The molecule has 23 heavy (non-hydrogen) atoms. The lowest BCUT2D eigenvalue weighted by Crippen LogP contribution is -2.35. The maximum absolute atomic E-state index is 4.63. The lowest BCUT2D eigenvalue weighted by molar-refractivity contribution is 0.339. The Bertz CT molecular complexity index is 729. The topological polar surface area (TPSA) is 46.8 Å². The van der Waals surface area contributed by atoms with Gasteiger partial charge in [0.1, 0.15) is 0 Å². The molecule has 4 rings (SSSR count). The van der Waals surface area contributed by atoms with Crippen molar-refractivity contribution in [2.24, 2.45) is 5.92 Å². The molecule has 3 heterocycles. The van der Waals surface area contributed by atoms with Crippen LogP contribution >= 0.6 is 11.3 Å². The Labute approximate surface area is 139 Å². The molecule has 0 bridgehead atoms. The summed E-state index contributed by atoms with van der Waals surface area (Å²) in [4.78, 5) is 8.29. The summed E-state index contributed by atoms with van der Waals surface area (Å²) in [5, 5.41) is 9.08. The molecular weight excluding hydrogens is 306 g/mol. The van der Waals surface area contributed by atoms with E-state index in [1.807, 2.05) is 23.1 Å². The van der Waals surface area contributed by atoms with Crippen molar-refractivity contribution in [1.29, 1.82) is 0 Å². The molecular formula is C17H19N5S. The molecule has 3 aromatic rings. The average molecular weight is 325 g/mol. The van der Waals surface area contributed by atoms with Crippen molar-refractivity contribution in [3.8, 4) is 10.4 Å². The third-order valence-corrected chi connectivity index (χ3v) is 5.46. The van der Waals surface area contributed by atoms with Crippen LogP contribution < -0.4 is 4.90 Å². The van der Waals surface area contributed by atoms with E-state index in [0.29, 0.717) is 5.92 Å². The van der Waals surface area contributed by atoms with Gasteiger partial charge in [-0.25, -0.2) is 4.98 Å². The maximum Gasteiger partial charge on any atom is 0.185 e. The number of thiazole rings is 1. The van der Waals surface area contributed by atoms with Gasteiger partial charge in [0.2, 0.25) is 0 Å². The predicted octanol–water partition coefficient (Wildman–Crippen LogP) is 3.32. The molecule has 2 aromatic heterocycles. The summed E-state index contributed by atoms with van der Waals surface area (Å²) < 4.78 is 1.94. The fourth-order valence-electron chi connectivity index (χ4n) is 3.05. The second-order valence-corrected chi connectivity index (χ2v) is 6.94. The Balaban J connectivity index is 1.38. The number of hydrogen-bond acceptors (Lipinski definition) is 5. The summed E-state index contributed by atoms with van der Waals surface area (Å²) in [6, 6.07) is 10.5. The third-order valence-electron chi connectivity index (χ3n) is 4.35. The van der Waals surface area contributed by atoms with Crippen LogP contribution in [0.3, 0.4) is 0 Å². The largest absolute Gasteiger partial charge is 0.348 e. The number of piperidine rings is 1. The van der Waals surface area contributed by atoms with Crippen LogP contribution in [0.1, 0.15) is 12.8 Å². The van der Waals surface area contributed by atoms with Crippen molar-refractivity contribution < 1.29 is 0 Å². The highest BCUT2D eigenvalue weighted by Gasteiger charge is 2.22. The SMILES string of the molecule is c1ccc(-c2cnc(N3CCC(Cn4ccnn4)CC3)s2)cc1. The highest BCUT2D eigenvalue weighted by molar-refractivity contribution is 7.18. The van der Waals surface area contributed by atoms with Gasteiger partial charge in [-0.1, -0.05) is 46.9 Å². The van der Waals surface area contributed by atoms with E-state index in [1.54, 1.807) is 17.5 Å². The molecule has 0 N–H and O–H groups in total. The van der Waals surface area contributed by atoms with Crippen molar-refractivity contribution in [1.82, 2.24) is 20.0 Å². The molecule has 118 valence electrons. The van der Waals surface area contributed by atoms with E-state index in [2.05, 4.69) is 44.5 Å². The van der Waals surface area contributed by atoms with Crippen molar-refractivity contribution in [2.45, 2.75) is 19.4 Å². The second kappa shape index (κ2) is 6.50. The lowest BCUT2D eigenvalue weighted by Gasteiger charge is -2.31. The first-order valence-corrected chi connectivity index (χ1v) is 8.80. The van der Waals surface area contributed by atoms with Gasteiger partial charge in [-0.15, -0.1) is 5.10 Å². The van der Waals surface area contributed by atoms with Crippen LogP contribution in [0.25, 0.3) is 10.4 Å². The van der Waals surface area contributed by atoms with Crippen molar-refractivity contribution in [2.75, 3.05) is 18.0 Å². The van der Waals surface area contributed by atoms with Gasteiger partial charge in [-0.2, -0.15) is 0 Å². The fraction of sp³-hybridized carbons (Fsp3) is 0.353. The van der Waals surface area contributed by atoms with Crippen molar-refractivity contribution in [3.63, 3.8) is 0 Å². The molecule has 1 aliphatic rings. The Kier molecular flexibility index (Phi) is 4.06. The summed E-state index contributed by atoms with van der Waals surface area (Å²) in [6.07, 6.45) is 8.05. The molecule has 1 fully saturated rings. The van der Waals surface area contributed by atoms with Gasteiger partial charge in [0.25, 0.3) is 0 Å². The van der Waals surface area contributed by atoms with E-state index >= 15 is 0 Å². The summed E-state index contributed by atoms with van der Waals surface area (Å²) in [5.74, 6) is 0.682. The molecule has 1 aromatic carbocycles. The minimum Gasteiger partial charge on any atom is -0.348 e. The van der Waals surface area contributed by atoms with Gasteiger partial charge in [0.15, 0.2) is 5.13 Å². The molecule has 1 aliphatic heterocycles. The number of benzene rings is 1. The number of nitrogens with zero attached hydrogens (tertiary/aromatic N) is 5. The normalized spacial score (nSPS) is 15.9. The van der Waals surface area contributed by atoms with Gasteiger partial charge < -0.3 is 4.90 Å². The predicted molar refractivity (Wildman–Crippen MR) is 92.5 cm³/mol. The molecule has 0 amide bonds.